The number of alkyl halides is 6. The molecule has 58 heavy (non-hydrogen) atoms. The highest BCUT2D eigenvalue weighted by Gasteiger charge is 2.41. The van der Waals surface area contributed by atoms with Crippen molar-refractivity contribution in [3.63, 3.8) is 0 Å². The predicted octanol–water partition coefficient (Wildman–Crippen LogP) is 7.99. The zero-order valence-corrected chi connectivity index (χ0v) is 34.0. The number of alkyl carbamates (subject to hydrolysis) is 1. The van der Waals surface area contributed by atoms with Crippen LogP contribution in [0, 0.1) is 24.6 Å². The van der Waals surface area contributed by atoms with Crippen molar-refractivity contribution in [1.82, 2.24) is 10.6 Å². The molecule has 1 aliphatic rings. The minimum absolute atomic E-state index is 0.0711. The quantitative estimate of drug-likeness (QED) is 0.136. The summed E-state index contributed by atoms with van der Waals surface area (Å²) in [6, 6.07) is 8.74. The van der Waals surface area contributed by atoms with Crippen LogP contribution in [-0.2, 0) is 35.1 Å². The monoisotopic (exact) mass is 847 g/mol. The molecule has 4 atom stereocenters. The van der Waals surface area contributed by atoms with Gasteiger partial charge in [0.2, 0.25) is 5.91 Å². The number of carbonyl (C=O) groups excluding carboxylic acids is 5. The Balaban J connectivity index is 1.98. The van der Waals surface area contributed by atoms with Gasteiger partial charge in [-0.05, 0) is 84.6 Å². The Morgan fingerprint density at radius 1 is 0.862 bits per heavy atom. The maximum Gasteiger partial charge on any atom is 0.408 e. The van der Waals surface area contributed by atoms with Crippen molar-refractivity contribution in [3.05, 3.63) is 70.5 Å². The number of fused-ring (bicyclic) bond motifs is 1. The smallest absolute Gasteiger partial charge is 0.408 e. The number of aliphatic imine (C=N–C) groups is 1. The number of ether oxygens (including phenoxy) is 2. The summed E-state index contributed by atoms with van der Waals surface area (Å²) in [6.07, 6.45) is -18.4. The average molecular weight is 848 g/mol. The number of Topliss-reactive ketones (excluding diaryl/α,β-unsaturated/α-hetero) is 2. The molecule has 2 aromatic rings. The molecule has 0 spiro atoms. The van der Waals surface area contributed by atoms with Crippen LogP contribution in [0.3, 0.4) is 0 Å². The van der Waals surface area contributed by atoms with E-state index in [1.807, 2.05) is 0 Å². The summed E-state index contributed by atoms with van der Waals surface area (Å²) in [5.74, 6) is -9.70. The molecule has 0 aromatic heterocycles. The molecule has 3 rings (SSSR count). The Kier molecular flexibility index (Phi) is 16.1. The van der Waals surface area contributed by atoms with Gasteiger partial charge in [0.05, 0.1) is 11.5 Å². The van der Waals surface area contributed by atoms with Gasteiger partial charge in [-0.15, -0.1) is 0 Å². The van der Waals surface area contributed by atoms with Crippen LogP contribution >= 0.6 is 11.8 Å². The fraction of sp³-hybridized carbons (Fsp3) is 0.550. The number of hydrogen-bond donors (Lipinski definition) is 2. The number of benzene rings is 2. The van der Waals surface area contributed by atoms with Crippen molar-refractivity contribution in [2.75, 3.05) is 11.5 Å². The summed E-state index contributed by atoms with van der Waals surface area (Å²) in [5, 5.41) is 4.63. The number of halogens is 7. The number of rotatable bonds is 15. The van der Waals surface area contributed by atoms with Gasteiger partial charge in [0.25, 0.3) is 0 Å². The largest absolute Gasteiger partial charge is 0.458 e. The van der Waals surface area contributed by atoms with Gasteiger partial charge in [-0.25, -0.2) is 14.0 Å². The van der Waals surface area contributed by atoms with Crippen LogP contribution in [0.1, 0.15) is 89.5 Å². The van der Waals surface area contributed by atoms with E-state index in [4.69, 9.17) is 9.47 Å². The molecule has 0 unspecified atom stereocenters. The summed E-state index contributed by atoms with van der Waals surface area (Å²) in [4.78, 5) is 71.4. The predicted molar refractivity (Wildman–Crippen MR) is 203 cm³/mol. The summed E-state index contributed by atoms with van der Waals surface area (Å²) in [7, 11) is 0. The van der Waals surface area contributed by atoms with E-state index < -0.39 is 114 Å². The molecule has 2 amide bonds. The summed E-state index contributed by atoms with van der Waals surface area (Å²) in [5.41, 5.74) is -0.157. The van der Waals surface area contributed by atoms with E-state index in [1.165, 1.54) is 18.2 Å². The van der Waals surface area contributed by atoms with Gasteiger partial charge in [0, 0.05) is 48.0 Å². The summed E-state index contributed by atoms with van der Waals surface area (Å²) in [6.45, 7) is 11.1. The van der Waals surface area contributed by atoms with E-state index in [9.17, 15) is 54.7 Å². The van der Waals surface area contributed by atoms with Crippen LogP contribution in [0.2, 0.25) is 0 Å². The highest BCUT2D eigenvalue weighted by molar-refractivity contribution is 8.00. The number of carbonyl (C=O) groups is 5. The van der Waals surface area contributed by atoms with Crippen LogP contribution < -0.4 is 10.6 Å². The van der Waals surface area contributed by atoms with Gasteiger partial charge in [-0.2, -0.15) is 38.1 Å². The van der Waals surface area contributed by atoms with Crippen LogP contribution in [0.15, 0.2) is 47.5 Å². The lowest BCUT2D eigenvalue weighted by Crippen LogP contribution is -2.48. The standard InChI is InChI=1S/C40H48F7N3O7S/c1-22-10-8-13-26-28(22)19-30(51)33(49-32(26)23-11-9-12-24(41)18-23)50-34(53)27(15-17-40(45,46)47)25(14-16-39(42,43)44)31(52)21-58-20-29(35(54)56-37(2,3)4)48-36(55)57-38(5,6)7/h8-13,18,25,27,29,33H,14-17,19-21H2,1-7H3,(H,48,55)(H,50,53)/t25-,27+,29-,33+/m0/s1. The Bertz CT molecular complexity index is 1850. The van der Waals surface area contributed by atoms with Crippen LogP contribution in [-0.4, -0.2) is 82.5 Å². The maximum atomic E-state index is 14.4. The highest BCUT2D eigenvalue weighted by atomic mass is 32.2. The van der Waals surface area contributed by atoms with E-state index in [1.54, 1.807) is 66.7 Å². The molecule has 0 saturated carbocycles. The summed E-state index contributed by atoms with van der Waals surface area (Å²) < 4.78 is 107. The molecule has 18 heteroatoms. The Hall–Kier alpha value is -4.48. The molecular weight excluding hydrogens is 800 g/mol. The SMILES string of the molecule is Cc1cccc2c1CC(=O)[C@@H](NC(=O)[C@H](CCC(F)(F)F)[C@H](CCC(F)(F)F)C(=O)CSC[C@H](NC(=O)OC(C)(C)C)C(=O)OC(C)(C)C)N=C2c1cccc(F)c1. The zero-order chi connectivity index (χ0) is 43.8. The number of hydrogen-bond acceptors (Lipinski definition) is 9. The molecule has 0 saturated heterocycles. The van der Waals surface area contributed by atoms with Gasteiger partial charge in [-0.1, -0.05) is 30.3 Å². The molecule has 0 fully saturated rings. The molecule has 0 radical (unpaired) electrons. The number of aryl methyl sites for hydroxylation is 1. The van der Waals surface area contributed by atoms with Gasteiger partial charge >= 0.3 is 24.4 Å². The molecule has 0 aliphatic carbocycles. The first-order valence-electron chi connectivity index (χ1n) is 18.3. The molecule has 1 aliphatic heterocycles. The number of nitrogens with zero attached hydrogens (tertiary/aromatic N) is 1. The lowest BCUT2D eigenvalue weighted by molar-refractivity contribution is -0.156. The molecule has 0 bridgehead atoms. The second kappa shape index (κ2) is 19.5. The lowest BCUT2D eigenvalue weighted by atomic mass is 9.81. The number of thioether (sulfide) groups is 1. The van der Waals surface area contributed by atoms with E-state index in [2.05, 4.69) is 15.6 Å². The fourth-order valence-electron chi connectivity index (χ4n) is 6.04. The van der Waals surface area contributed by atoms with Crippen LogP contribution in [0.4, 0.5) is 35.5 Å². The van der Waals surface area contributed by atoms with E-state index in [0.717, 1.165) is 6.07 Å². The Morgan fingerprint density at radius 2 is 1.45 bits per heavy atom. The molecule has 1 heterocycles. The minimum Gasteiger partial charge on any atom is -0.458 e. The molecule has 10 nitrogen and oxygen atoms in total. The number of amides is 2. The maximum absolute atomic E-state index is 14.4. The highest BCUT2D eigenvalue weighted by Crippen LogP contribution is 2.34. The van der Waals surface area contributed by atoms with Crippen molar-refractivity contribution < 1.29 is 64.2 Å². The van der Waals surface area contributed by atoms with E-state index in [-0.39, 0.29) is 23.4 Å². The first-order valence-corrected chi connectivity index (χ1v) is 19.5. The second-order valence-electron chi connectivity index (χ2n) is 15.9. The van der Waals surface area contributed by atoms with Gasteiger partial charge in [0.1, 0.15) is 28.8 Å². The van der Waals surface area contributed by atoms with Crippen molar-refractivity contribution in [3.8, 4) is 0 Å². The molecule has 2 aromatic carbocycles. The number of nitrogens with one attached hydrogen (secondary N) is 2. The van der Waals surface area contributed by atoms with Gasteiger partial charge in [-0.3, -0.25) is 19.4 Å². The normalized spacial score (nSPS) is 16.6. The van der Waals surface area contributed by atoms with Crippen LogP contribution in [0.5, 0.6) is 0 Å². The third-order valence-electron chi connectivity index (χ3n) is 8.58. The third-order valence-corrected chi connectivity index (χ3v) is 9.64. The topological polar surface area (TPSA) is 140 Å². The average Bonchev–Trinajstić information content (AvgIpc) is 3.19. The Labute approximate surface area is 336 Å². The van der Waals surface area contributed by atoms with E-state index in [0.29, 0.717) is 28.5 Å². The molecule has 2 N–H and O–H groups in total. The molecule has 320 valence electrons. The fourth-order valence-corrected chi connectivity index (χ4v) is 7.02. The first-order chi connectivity index (χ1) is 26.6. The van der Waals surface area contributed by atoms with E-state index >= 15 is 0 Å². The zero-order valence-electron chi connectivity index (χ0n) is 33.2. The number of esters is 1. The number of ketones is 2. The molecular formula is C40H48F7N3O7S. The van der Waals surface area contributed by atoms with Crippen molar-refractivity contribution in [1.29, 1.82) is 0 Å². The third kappa shape index (κ3) is 15.7. The van der Waals surface area contributed by atoms with Crippen molar-refractivity contribution in [2.24, 2.45) is 16.8 Å². The van der Waals surface area contributed by atoms with Gasteiger partial charge in [0.15, 0.2) is 11.9 Å². The first kappa shape index (κ1) is 47.9. The summed E-state index contributed by atoms with van der Waals surface area (Å²) >= 11 is 0.668. The van der Waals surface area contributed by atoms with Crippen LogP contribution in [0.25, 0.3) is 0 Å². The minimum atomic E-state index is -4.89. The Morgan fingerprint density at radius 3 is 2.02 bits per heavy atom. The second-order valence-corrected chi connectivity index (χ2v) is 16.9. The van der Waals surface area contributed by atoms with Gasteiger partial charge < -0.3 is 20.1 Å². The lowest BCUT2D eigenvalue weighted by Gasteiger charge is -2.28. The van der Waals surface area contributed by atoms with Crippen molar-refractivity contribution in [2.45, 2.75) is 116 Å². The van der Waals surface area contributed by atoms with Crippen molar-refractivity contribution >= 4 is 47.0 Å².